The minimum atomic E-state index is 0. The summed E-state index contributed by atoms with van der Waals surface area (Å²) in [5.74, 6) is 1.29. The summed E-state index contributed by atoms with van der Waals surface area (Å²) in [6.07, 6.45) is 3.72. The molecular weight excluding hydrogens is 340 g/mol. The van der Waals surface area contributed by atoms with Gasteiger partial charge in [0.25, 0.3) is 5.89 Å². The lowest BCUT2D eigenvalue weighted by Gasteiger charge is -2.30. The first-order valence-electron chi connectivity index (χ1n) is 8.11. The van der Waals surface area contributed by atoms with E-state index in [1.807, 2.05) is 35.1 Å². The van der Waals surface area contributed by atoms with Gasteiger partial charge in [0.1, 0.15) is 0 Å². The Morgan fingerprint density at radius 3 is 2.96 bits per heavy atom. The molecule has 1 atom stereocenters. The smallest absolute Gasteiger partial charge is 0.258 e. The SMILES string of the molecule is CN1CCNCC1c1noc(-c2ccccc2Cn2cccn2)n1.Cl. The molecule has 0 aliphatic carbocycles. The van der Waals surface area contributed by atoms with E-state index in [0.29, 0.717) is 12.4 Å². The quantitative estimate of drug-likeness (QED) is 0.767. The lowest BCUT2D eigenvalue weighted by Crippen LogP contribution is -2.44. The minimum Gasteiger partial charge on any atom is -0.334 e. The largest absolute Gasteiger partial charge is 0.334 e. The molecule has 8 heteroatoms. The normalized spacial score (nSPS) is 18.0. The van der Waals surface area contributed by atoms with Crippen LogP contribution in [0, 0.1) is 0 Å². The monoisotopic (exact) mass is 360 g/mol. The first-order valence-corrected chi connectivity index (χ1v) is 8.11. The van der Waals surface area contributed by atoms with E-state index in [1.54, 1.807) is 6.20 Å². The lowest BCUT2D eigenvalue weighted by molar-refractivity contribution is 0.190. The summed E-state index contributed by atoms with van der Waals surface area (Å²) in [4.78, 5) is 6.91. The molecule has 1 aromatic carbocycles. The molecule has 3 heterocycles. The zero-order chi connectivity index (χ0) is 16.4. The van der Waals surface area contributed by atoms with Crippen molar-refractivity contribution < 1.29 is 4.52 Å². The number of hydrogen-bond acceptors (Lipinski definition) is 6. The van der Waals surface area contributed by atoms with Gasteiger partial charge >= 0.3 is 0 Å². The maximum absolute atomic E-state index is 5.57. The van der Waals surface area contributed by atoms with Gasteiger partial charge in [-0.1, -0.05) is 23.4 Å². The van der Waals surface area contributed by atoms with Crippen molar-refractivity contribution in [1.82, 2.24) is 30.1 Å². The predicted molar refractivity (Wildman–Crippen MR) is 96.6 cm³/mol. The van der Waals surface area contributed by atoms with Gasteiger partial charge < -0.3 is 9.84 Å². The Hall–Kier alpha value is -2.22. The third-order valence-corrected chi connectivity index (χ3v) is 4.39. The number of nitrogens with one attached hydrogen (secondary N) is 1. The Balaban J connectivity index is 0.00000182. The second kappa shape index (κ2) is 7.77. The maximum Gasteiger partial charge on any atom is 0.258 e. The van der Waals surface area contributed by atoms with Gasteiger partial charge in [0.05, 0.1) is 12.6 Å². The van der Waals surface area contributed by atoms with Crippen LogP contribution < -0.4 is 5.32 Å². The predicted octanol–water partition coefficient (Wildman–Crippen LogP) is 1.98. The zero-order valence-corrected chi connectivity index (χ0v) is 14.8. The molecule has 2 aromatic heterocycles. The molecular formula is C17H21ClN6O. The second-order valence-corrected chi connectivity index (χ2v) is 6.02. The van der Waals surface area contributed by atoms with Crippen LogP contribution >= 0.6 is 12.4 Å². The maximum atomic E-state index is 5.57. The highest BCUT2D eigenvalue weighted by molar-refractivity contribution is 5.85. The minimum absolute atomic E-state index is 0. The van der Waals surface area contributed by atoms with E-state index in [2.05, 4.69) is 38.6 Å². The van der Waals surface area contributed by atoms with Gasteiger partial charge in [-0.15, -0.1) is 12.4 Å². The van der Waals surface area contributed by atoms with E-state index in [1.165, 1.54) is 0 Å². The van der Waals surface area contributed by atoms with Crippen LogP contribution in [-0.4, -0.2) is 51.5 Å². The average molecular weight is 361 g/mol. The van der Waals surface area contributed by atoms with E-state index in [-0.39, 0.29) is 18.4 Å². The fourth-order valence-electron chi connectivity index (χ4n) is 3.01. The van der Waals surface area contributed by atoms with Gasteiger partial charge in [0, 0.05) is 37.6 Å². The van der Waals surface area contributed by atoms with Crippen molar-refractivity contribution >= 4 is 12.4 Å². The van der Waals surface area contributed by atoms with Crippen LogP contribution in [-0.2, 0) is 6.54 Å². The molecule has 132 valence electrons. The third-order valence-electron chi connectivity index (χ3n) is 4.39. The van der Waals surface area contributed by atoms with Crippen molar-refractivity contribution in [3.63, 3.8) is 0 Å². The first kappa shape index (κ1) is 17.6. The number of likely N-dealkylation sites (N-methyl/N-ethyl adjacent to an activating group) is 1. The highest BCUT2D eigenvalue weighted by Crippen LogP contribution is 2.25. The van der Waals surface area contributed by atoms with E-state index in [4.69, 9.17) is 4.52 Å². The molecule has 1 saturated heterocycles. The summed E-state index contributed by atoms with van der Waals surface area (Å²) < 4.78 is 7.45. The van der Waals surface area contributed by atoms with Crippen molar-refractivity contribution in [3.8, 4) is 11.5 Å². The summed E-state index contributed by atoms with van der Waals surface area (Å²) in [6, 6.07) is 10.1. The fourth-order valence-corrected chi connectivity index (χ4v) is 3.01. The molecule has 3 aromatic rings. The summed E-state index contributed by atoms with van der Waals surface area (Å²) in [5.41, 5.74) is 2.06. The van der Waals surface area contributed by atoms with E-state index < -0.39 is 0 Å². The molecule has 7 nitrogen and oxygen atoms in total. The molecule has 0 spiro atoms. The van der Waals surface area contributed by atoms with Crippen molar-refractivity contribution in [1.29, 1.82) is 0 Å². The van der Waals surface area contributed by atoms with Gasteiger partial charge in [-0.05, 0) is 24.7 Å². The number of nitrogens with zero attached hydrogens (tertiary/aromatic N) is 5. The third kappa shape index (κ3) is 3.73. The van der Waals surface area contributed by atoms with Crippen molar-refractivity contribution in [2.75, 3.05) is 26.7 Å². The molecule has 0 radical (unpaired) electrons. The standard InChI is InChI=1S/C17H20N6O.ClH/c1-22-10-8-18-11-15(22)16-20-17(24-21-16)14-6-3-2-5-13(14)12-23-9-4-7-19-23;/h2-7,9,15,18H,8,10-12H2,1H3;1H. The summed E-state index contributed by atoms with van der Waals surface area (Å²) in [5, 5.41) is 11.9. The number of halogens is 1. The van der Waals surface area contributed by atoms with Crippen LogP contribution in [0.2, 0.25) is 0 Å². The van der Waals surface area contributed by atoms with Gasteiger partial charge in [-0.3, -0.25) is 9.58 Å². The molecule has 0 bridgehead atoms. The van der Waals surface area contributed by atoms with Gasteiger partial charge in [0.2, 0.25) is 0 Å². The number of hydrogen-bond donors (Lipinski definition) is 1. The van der Waals surface area contributed by atoms with Crippen LogP contribution in [0.15, 0.2) is 47.2 Å². The topological polar surface area (TPSA) is 72.0 Å². The van der Waals surface area contributed by atoms with Crippen LogP contribution in [0.5, 0.6) is 0 Å². The highest BCUT2D eigenvalue weighted by Gasteiger charge is 2.25. The van der Waals surface area contributed by atoms with Crippen molar-refractivity contribution in [2.24, 2.45) is 0 Å². The summed E-state index contributed by atoms with van der Waals surface area (Å²) in [6.45, 7) is 3.48. The lowest BCUT2D eigenvalue weighted by atomic mass is 10.1. The Morgan fingerprint density at radius 2 is 2.16 bits per heavy atom. The average Bonchev–Trinajstić information content (AvgIpc) is 3.28. The summed E-state index contributed by atoms with van der Waals surface area (Å²) >= 11 is 0. The van der Waals surface area contributed by atoms with Gasteiger partial charge in [-0.25, -0.2) is 0 Å². The van der Waals surface area contributed by atoms with Crippen LogP contribution in [0.25, 0.3) is 11.5 Å². The molecule has 1 unspecified atom stereocenters. The van der Waals surface area contributed by atoms with Crippen LogP contribution in [0.1, 0.15) is 17.4 Å². The molecule has 1 aliphatic heterocycles. The molecule has 0 saturated carbocycles. The molecule has 1 fully saturated rings. The number of piperazine rings is 1. The molecule has 1 N–H and O–H groups in total. The highest BCUT2D eigenvalue weighted by atomic mass is 35.5. The Kier molecular flexibility index (Phi) is 5.47. The van der Waals surface area contributed by atoms with Gasteiger partial charge in [0.15, 0.2) is 5.82 Å². The molecule has 4 rings (SSSR count). The number of benzene rings is 1. The Labute approximate surface area is 152 Å². The van der Waals surface area contributed by atoms with E-state index >= 15 is 0 Å². The number of rotatable bonds is 4. The van der Waals surface area contributed by atoms with Gasteiger partial charge in [-0.2, -0.15) is 10.1 Å². The fraction of sp³-hybridized carbons (Fsp3) is 0.353. The van der Waals surface area contributed by atoms with Crippen molar-refractivity contribution in [2.45, 2.75) is 12.6 Å². The molecule has 0 amide bonds. The van der Waals surface area contributed by atoms with Crippen LogP contribution in [0.3, 0.4) is 0 Å². The first-order chi connectivity index (χ1) is 11.8. The van der Waals surface area contributed by atoms with E-state index in [0.717, 1.165) is 36.6 Å². The molecule has 25 heavy (non-hydrogen) atoms. The number of aromatic nitrogens is 4. The Bertz CT molecular complexity index is 803. The second-order valence-electron chi connectivity index (χ2n) is 6.02. The molecule has 1 aliphatic rings. The summed E-state index contributed by atoms with van der Waals surface area (Å²) in [7, 11) is 2.09. The Morgan fingerprint density at radius 1 is 1.28 bits per heavy atom. The van der Waals surface area contributed by atoms with E-state index in [9.17, 15) is 0 Å². The van der Waals surface area contributed by atoms with Crippen molar-refractivity contribution in [3.05, 3.63) is 54.1 Å². The zero-order valence-electron chi connectivity index (χ0n) is 14.0. The van der Waals surface area contributed by atoms with Crippen LogP contribution in [0.4, 0.5) is 0 Å².